The second kappa shape index (κ2) is 10.2. The number of rotatable bonds is 8. The molecule has 0 unspecified atom stereocenters. The lowest BCUT2D eigenvalue weighted by atomic mass is 10.1. The predicted molar refractivity (Wildman–Crippen MR) is 116 cm³/mol. The number of ether oxygens (including phenoxy) is 1. The van der Waals surface area contributed by atoms with Crippen molar-refractivity contribution in [3.05, 3.63) is 65.7 Å². The summed E-state index contributed by atoms with van der Waals surface area (Å²) >= 11 is 0. The van der Waals surface area contributed by atoms with E-state index < -0.39 is 10.0 Å². The predicted octanol–water partition coefficient (Wildman–Crippen LogP) is 1.61. The van der Waals surface area contributed by atoms with E-state index in [1.807, 2.05) is 32.3 Å². The molecular weight excluding hydrogens is 402 g/mol. The molecule has 2 aromatic rings. The third-order valence-corrected chi connectivity index (χ3v) is 7.18. The fraction of sp³-hybridized carbons (Fsp3) is 0.409. The second-order valence-corrected chi connectivity index (χ2v) is 9.50. The first-order valence-corrected chi connectivity index (χ1v) is 11.5. The zero-order valence-electron chi connectivity index (χ0n) is 17.5. The maximum absolute atomic E-state index is 12.7. The van der Waals surface area contributed by atoms with Crippen LogP contribution >= 0.6 is 0 Å². The topological polar surface area (TPSA) is 79.0 Å². The number of nitrogens with one attached hydrogen (secondary N) is 1. The van der Waals surface area contributed by atoms with Gasteiger partial charge in [0.25, 0.3) is 5.91 Å². The van der Waals surface area contributed by atoms with Crippen molar-refractivity contribution < 1.29 is 17.9 Å². The van der Waals surface area contributed by atoms with Gasteiger partial charge in [-0.25, -0.2) is 8.42 Å². The fourth-order valence-electron chi connectivity index (χ4n) is 3.35. The molecule has 1 N–H and O–H groups in total. The minimum absolute atomic E-state index is 0.150. The van der Waals surface area contributed by atoms with Gasteiger partial charge in [-0.05, 0) is 50.3 Å². The van der Waals surface area contributed by atoms with Crippen LogP contribution in [0.1, 0.15) is 15.9 Å². The highest BCUT2D eigenvalue weighted by molar-refractivity contribution is 7.89. The SMILES string of the molecule is CN(C)[C@@H](CNC(=O)c1ccc(S(=O)(=O)N2CCOCC2)cc1)Cc1ccccc1. The molecular formula is C22H29N3O4S. The first kappa shape index (κ1) is 22.4. The molecule has 1 atom stereocenters. The number of sulfonamides is 1. The molecule has 162 valence electrons. The van der Waals surface area contributed by atoms with Crippen LogP contribution in [0.2, 0.25) is 0 Å². The molecule has 1 heterocycles. The maximum atomic E-state index is 12.7. The quantitative estimate of drug-likeness (QED) is 0.687. The molecule has 8 heteroatoms. The maximum Gasteiger partial charge on any atom is 0.251 e. The number of carbonyl (C=O) groups is 1. The summed E-state index contributed by atoms with van der Waals surface area (Å²) in [5, 5.41) is 2.97. The van der Waals surface area contributed by atoms with Gasteiger partial charge in [-0.15, -0.1) is 0 Å². The molecule has 0 spiro atoms. The van der Waals surface area contributed by atoms with Crippen LogP contribution in [0.4, 0.5) is 0 Å². The van der Waals surface area contributed by atoms with E-state index in [9.17, 15) is 13.2 Å². The van der Waals surface area contributed by atoms with E-state index in [0.717, 1.165) is 6.42 Å². The fourth-order valence-corrected chi connectivity index (χ4v) is 4.76. The highest BCUT2D eigenvalue weighted by Gasteiger charge is 2.26. The Bertz CT molecular complexity index is 925. The van der Waals surface area contributed by atoms with Gasteiger partial charge < -0.3 is 15.0 Å². The third kappa shape index (κ3) is 5.66. The van der Waals surface area contributed by atoms with Gasteiger partial charge in [-0.1, -0.05) is 30.3 Å². The van der Waals surface area contributed by atoms with E-state index in [1.54, 1.807) is 12.1 Å². The summed E-state index contributed by atoms with van der Waals surface area (Å²) in [5.41, 5.74) is 1.65. The van der Waals surface area contributed by atoms with Gasteiger partial charge in [0.15, 0.2) is 0 Å². The molecule has 1 aliphatic heterocycles. The largest absolute Gasteiger partial charge is 0.379 e. The van der Waals surface area contributed by atoms with Crippen LogP contribution in [-0.4, -0.2) is 76.5 Å². The smallest absolute Gasteiger partial charge is 0.251 e. The van der Waals surface area contributed by atoms with Crippen molar-refractivity contribution in [2.45, 2.75) is 17.4 Å². The van der Waals surface area contributed by atoms with Gasteiger partial charge in [-0.3, -0.25) is 4.79 Å². The number of hydrogen-bond donors (Lipinski definition) is 1. The Kier molecular flexibility index (Phi) is 7.60. The lowest BCUT2D eigenvalue weighted by molar-refractivity contribution is 0.0730. The van der Waals surface area contributed by atoms with Gasteiger partial charge in [0.1, 0.15) is 0 Å². The zero-order valence-corrected chi connectivity index (χ0v) is 18.3. The number of amides is 1. The summed E-state index contributed by atoms with van der Waals surface area (Å²) in [6, 6.07) is 16.4. The number of hydrogen-bond acceptors (Lipinski definition) is 5. The highest BCUT2D eigenvalue weighted by Crippen LogP contribution is 2.18. The summed E-state index contributed by atoms with van der Waals surface area (Å²) in [6.45, 7) is 1.98. The number of likely N-dealkylation sites (N-methyl/N-ethyl adjacent to an activating group) is 1. The van der Waals surface area contributed by atoms with Crippen LogP contribution in [-0.2, 0) is 21.2 Å². The Labute approximate surface area is 178 Å². The number of carbonyl (C=O) groups excluding carboxylic acids is 1. The van der Waals surface area contributed by atoms with Crippen molar-refractivity contribution in [1.82, 2.24) is 14.5 Å². The lowest BCUT2D eigenvalue weighted by Gasteiger charge is -2.26. The Hall–Kier alpha value is -2.26. The van der Waals surface area contributed by atoms with Crippen LogP contribution in [0.25, 0.3) is 0 Å². The van der Waals surface area contributed by atoms with Gasteiger partial charge in [-0.2, -0.15) is 4.31 Å². The van der Waals surface area contributed by atoms with E-state index in [1.165, 1.54) is 22.0 Å². The molecule has 7 nitrogen and oxygen atoms in total. The lowest BCUT2D eigenvalue weighted by Crippen LogP contribution is -2.41. The van der Waals surface area contributed by atoms with E-state index >= 15 is 0 Å². The van der Waals surface area contributed by atoms with Crippen LogP contribution in [0, 0.1) is 0 Å². The van der Waals surface area contributed by atoms with Crippen LogP contribution < -0.4 is 5.32 Å². The molecule has 0 radical (unpaired) electrons. The molecule has 3 rings (SSSR count). The van der Waals surface area contributed by atoms with E-state index in [2.05, 4.69) is 22.3 Å². The highest BCUT2D eigenvalue weighted by atomic mass is 32.2. The zero-order chi connectivity index (χ0) is 21.6. The summed E-state index contributed by atoms with van der Waals surface area (Å²) in [7, 11) is 0.421. The van der Waals surface area contributed by atoms with Crippen molar-refractivity contribution in [3.63, 3.8) is 0 Å². The van der Waals surface area contributed by atoms with E-state index in [-0.39, 0.29) is 16.8 Å². The standard InChI is InChI=1S/C22H29N3O4S/c1-24(2)20(16-18-6-4-3-5-7-18)17-23-22(26)19-8-10-21(11-9-19)30(27,28)25-12-14-29-15-13-25/h3-11,20H,12-17H2,1-2H3,(H,23,26)/t20-/m1/s1. The van der Waals surface area contributed by atoms with Crippen LogP contribution in [0.3, 0.4) is 0 Å². The second-order valence-electron chi connectivity index (χ2n) is 7.56. The Morgan fingerprint density at radius 1 is 1.07 bits per heavy atom. The summed E-state index contributed by atoms with van der Waals surface area (Å²) in [4.78, 5) is 14.9. The average Bonchev–Trinajstić information content (AvgIpc) is 2.77. The van der Waals surface area contributed by atoms with Gasteiger partial charge in [0.05, 0.1) is 18.1 Å². The molecule has 1 amide bonds. The number of nitrogens with zero attached hydrogens (tertiary/aromatic N) is 2. The van der Waals surface area contributed by atoms with E-state index in [4.69, 9.17) is 4.74 Å². The third-order valence-electron chi connectivity index (χ3n) is 5.27. The minimum Gasteiger partial charge on any atom is -0.379 e. The van der Waals surface area contributed by atoms with Crippen molar-refractivity contribution in [2.75, 3.05) is 46.9 Å². The minimum atomic E-state index is -3.56. The first-order chi connectivity index (χ1) is 14.4. The molecule has 0 saturated carbocycles. The summed E-state index contributed by atoms with van der Waals surface area (Å²) in [6.07, 6.45) is 0.824. The van der Waals surface area contributed by atoms with Crippen LogP contribution in [0.5, 0.6) is 0 Å². The van der Waals surface area contributed by atoms with E-state index in [0.29, 0.717) is 38.4 Å². The van der Waals surface area contributed by atoms with Crippen molar-refractivity contribution in [1.29, 1.82) is 0 Å². The van der Waals surface area contributed by atoms with Gasteiger partial charge >= 0.3 is 0 Å². The molecule has 1 aliphatic rings. The van der Waals surface area contributed by atoms with Crippen LogP contribution in [0.15, 0.2) is 59.5 Å². The molecule has 1 saturated heterocycles. The Morgan fingerprint density at radius 3 is 2.30 bits per heavy atom. The molecule has 0 aliphatic carbocycles. The van der Waals surface area contributed by atoms with Crippen molar-refractivity contribution in [2.24, 2.45) is 0 Å². The average molecular weight is 432 g/mol. The monoisotopic (exact) mass is 431 g/mol. The molecule has 0 bridgehead atoms. The van der Waals surface area contributed by atoms with Gasteiger partial charge in [0, 0.05) is 31.2 Å². The number of morpholine rings is 1. The Balaban J connectivity index is 1.61. The van der Waals surface area contributed by atoms with Gasteiger partial charge in [0.2, 0.25) is 10.0 Å². The normalized spacial score (nSPS) is 16.4. The summed E-state index contributed by atoms with van der Waals surface area (Å²) < 4.78 is 32.0. The van der Waals surface area contributed by atoms with Crippen molar-refractivity contribution >= 4 is 15.9 Å². The molecule has 30 heavy (non-hydrogen) atoms. The molecule has 0 aromatic heterocycles. The molecule has 1 fully saturated rings. The first-order valence-electron chi connectivity index (χ1n) is 10.0. The Morgan fingerprint density at radius 2 is 1.70 bits per heavy atom. The molecule has 2 aromatic carbocycles. The number of benzene rings is 2. The summed E-state index contributed by atoms with van der Waals surface area (Å²) in [5.74, 6) is -0.217. The van der Waals surface area contributed by atoms with Crippen molar-refractivity contribution in [3.8, 4) is 0 Å².